The summed E-state index contributed by atoms with van der Waals surface area (Å²) in [5, 5.41) is 14.1. The Morgan fingerprint density at radius 3 is 3.08 bits per heavy atom. The van der Waals surface area contributed by atoms with E-state index in [1.165, 1.54) is 11.3 Å². The first-order valence-electron chi connectivity index (χ1n) is 7.93. The van der Waals surface area contributed by atoms with Gasteiger partial charge in [-0.2, -0.15) is 10.2 Å². The fourth-order valence-electron chi connectivity index (χ4n) is 2.58. The van der Waals surface area contributed by atoms with Crippen LogP contribution in [0.4, 0.5) is 0 Å². The molecule has 3 aromatic heterocycles. The number of fused-ring (bicyclic) bond motifs is 1. The van der Waals surface area contributed by atoms with Crippen LogP contribution >= 0.6 is 11.3 Å². The van der Waals surface area contributed by atoms with E-state index in [2.05, 4.69) is 25.6 Å². The summed E-state index contributed by atoms with van der Waals surface area (Å²) in [6.45, 7) is 1.88. The molecule has 0 saturated heterocycles. The van der Waals surface area contributed by atoms with E-state index in [0.717, 1.165) is 22.0 Å². The van der Waals surface area contributed by atoms with Crippen molar-refractivity contribution in [2.75, 3.05) is 7.11 Å². The van der Waals surface area contributed by atoms with Gasteiger partial charge in [-0.15, -0.1) is 0 Å². The first-order chi connectivity index (χ1) is 12.6. The molecule has 1 atom stereocenters. The monoisotopic (exact) mass is 368 g/mol. The van der Waals surface area contributed by atoms with E-state index in [4.69, 9.17) is 4.74 Å². The maximum atomic E-state index is 12.5. The molecule has 0 spiro atoms. The summed E-state index contributed by atoms with van der Waals surface area (Å²) in [7, 11) is 1.61. The highest BCUT2D eigenvalue weighted by Gasteiger charge is 2.17. The van der Waals surface area contributed by atoms with Crippen LogP contribution in [0, 0.1) is 0 Å². The summed E-state index contributed by atoms with van der Waals surface area (Å²) in [4.78, 5) is 17.7. The molecule has 0 aliphatic carbocycles. The van der Waals surface area contributed by atoms with E-state index in [0.29, 0.717) is 11.4 Å². The van der Waals surface area contributed by atoms with Crippen LogP contribution in [0.15, 0.2) is 42.0 Å². The smallest absolute Gasteiger partial charge is 0.269 e. The van der Waals surface area contributed by atoms with Gasteiger partial charge in [-0.25, -0.2) is 9.50 Å². The highest BCUT2D eigenvalue weighted by atomic mass is 32.1. The van der Waals surface area contributed by atoms with Crippen molar-refractivity contribution >= 4 is 22.2 Å². The van der Waals surface area contributed by atoms with Crippen LogP contribution in [0.3, 0.4) is 0 Å². The second-order valence-electron chi connectivity index (χ2n) is 5.73. The van der Waals surface area contributed by atoms with E-state index < -0.39 is 0 Å². The number of imidazole rings is 1. The fraction of sp³-hybridized carbons (Fsp3) is 0.176. The van der Waals surface area contributed by atoms with Gasteiger partial charge in [-0.05, 0) is 25.1 Å². The van der Waals surface area contributed by atoms with Crippen LogP contribution < -0.4 is 10.1 Å². The summed E-state index contributed by atoms with van der Waals surface area (Å²) in [5.74, 6) is 0.488. The third-order valence-electron chi connectivity index (χ3n) is 3.98. The number of H-pyrrole nitrogens is 1. The Hall–Kier alpha value is -3.20. The lowest BCUT2D eigenvalue weighted by Crippen LogP contribution is -2.27. The van der Waals surface area contributed by atoms with Gasteiger partial charge in [0.05, 0.1) is 30.7 Å². The van der Waals surface area contributed by atoms with Crippen LogP contribution in [0.1, 0.15) is 29.1 Å². The molecule has 0 saturated carbocycles. The molecule has 26 heavy (non-hydrogen) atoms. The normalized spacial score (nSPS) is 12.2. The molecule has 2 N–H and O–H groups in total. The Kier molecular flexibility index (Phi) is 4.13. The highest BCUT2D eigenvalue weighted by Crippen LogP contribution is 2.23. The van der Waals surface area contributed by atoms with Crippen LogP contribution in [-0.4, -0.2) is 37.8 Å². The first-order valence-corrected chi connectivity index (χ1v) is 8.81. The molecule has 1 amide bonds. The minimum absolute atomic E-state index is 0.247. The zero-order valence-electron chi connectivity index (χ0n) is 14.1. The number of ether oxygens (including phenoxy) is 1. The van der Waals surface area contributed by atoms with Crippen molar-refractivity contribution < 1.29 is 9.53 Å². The zero-order valence-corrected chi connectivity index (χ0v) is 14.9. The Labute approximate surface area is 152 Å². The predicted molar refractivity (Wildman–Crippen MR) is 97.3 cm³/mol. The first kappa shape index (κ1) is 16.3. The third kappa shape index (κ3) is 3.04. The number of methoxy groups -OCH3 is 1. The van der Waals surface area contributed by atoms with Crippen molar-refractivity contribution in [2.24, 2.45) is 0 Å². The minimum Gasteiger partial charge on any atom is -0.497 e. The maximum Gasteiger partial charge on any atom is 0.269 e. The molecule has 0 fully saturated rings. The molecule has 3 heterocycles. The van der Waals surface area contributed by atoms with Crippen molar-refractivity contribution in [2.45, 2.75) is 13.0 Å². The number of hydrogen-bond donors (Lipinski definition) is 2. The Balaban J connectivity index is 1.49. The lowest BCUT2D eigenvalue weighted by Gasteiger charge is -2.09. The third-order valence-corrected chi connectivity index (χ3v) is 4.67. The number of aromatic nitrogens is 5. The molecule has 8 nitrogen and oxygen atoms in total. The number of hydrogen-bond acceptors (Lipinski definition) is 6. The quantitative estimate of drug-likeness (QED) is 0.564. The van der Waals surface area contributed by atoms with Crippen molar-refractivity contribution in [3.8, 4) is 17.0 Å². The SMILES string of the molecule is COc1cccc(-c2cc(C(=O)NC(C)c3cn4ncsc4n3)[nH]n2)c1. The van der Waals surface area contributed by atoms with E-state index in [1.54, 1.807) is 23.2 Å². The number of benzene rings is 1. The number of aromatic amines is 1. The van der Waals surface area contributed by atoms with E-state index in [9.17, 15) is 4.79 Å². The van der Waals surface area contributed by atoms with Gasteiger partial charge in [0.2, 0.25) is 4.96 Å². The number of nitrogens with zero attached hydrogens (tertiary/aromatic N) is 4. The average molecular weight is 368 g/mol. The number of carbonyl (C=O) groups is 1. The number of rotatable bonds is 5. The minimum atomic E-state index is -0.250. The number of nitrogens with one attached hydrogen (secondary N) is 2. The summed E-state index contributed by atoms with van der Waals surface area (Å²) in [6, 6.07) is 8.97. The van der Waals surface area contributed by atoms with Crippen LogP contribution in [-0.2, 0) is 0 Å². The van der Waals surface area contributed by atoms with Gasteiger partial charge in [-0.3, -0.25) is 9.89 Å². The van der Waals surface area contributed by atoms with Crippen LogP contribution in [0.2, 0.25) is 0 Å². The molecule has 4 rings (SSSR count). The molecule has 0 aliphatic rings. The Bertz CT molecular complexity index is 1040. The molecular weight excluding hydrogens is 352 g/mol. The van der Waals surface area contributed by atoms with Crippen molar-refractivity contribution in [1.82, 2.24) is 30.1 Å². The van der Waals surface area contributed by atoms with Crippen molar-refractivity contribution in [3.05, 3.63) is 53.4 Å². The van der Waals surface area contributed by atoms with Crippen LogP contribution in [0.5, 0.6) is 5.75 Å². The second-order valence-corrected chi connectivity index (χ2v) is 6.54. The molecule has 132 valence electrons. The van der Waals surface area contributed by atoms with Crippen molar-refractivity contribution in [3.63, 3.8) is 0 Å². The molecule has 0 radical (unpaired) electrons. The largest absolute Gasteiger partial charge is 0.497 e. The predicted octanol–water partition coefficient (Wildman–Crippen LogP) is 2.68. The Morgan fingerprint density at radius 2 is 2.27 bits per heavy atom. The van der Waals surface area contributed by atoms with Gasteiger partial charge in [0.1, 0.15) is 17.0 Å². The summed E-state index contributed by atoms with van der Waals surface area (Å²) in [5.41, 5.74) is 4.40. The molecular formula is C17H16N6O2S. The molecule has 1 aromatic carbocycles. The summed E-state index contributed by atoms with van der Waals surface area (Å²) >= 11 is 1.45. The molecule has 9 heteroatoms. The molecule has 1 unspecified atom stereocenters. The average Bonchev–Trinajstić information content (AvgIpc) is 3.37. The lowest BCUT2D eigenvalue weighted by molar-refractivity contribution is 0.0934. The molecule has 0 bridgehead atoms. The summed E-state index contributed by atoms with van der Waals surface area (Å²) < 4.78 is 6.91. The van der Waals surface area contributed by atoms with Gasteiger partial charge < -0.3 is 10.1 Å². The number of carbonyl (C=O) groups excluding carboxylic acids is 1. The topological polar surface area (TPSA) is 97.2 Å². The van der Waals surface area contributed by atoms with Crippen molar-refractivity contribution in [1.29, 1.82) is 0 Å². The highest BCUT2D eigenvalue weighted by molar-refractivity contribution is 7.14. The van der Waals surface area contributed by atoms with Gasteiger partial charge in [-0.1, -0.05) is 23.5 Å². The van der Waals surface area contributed by atoms with E-state index in [-0.39, 0.29) is 11.9 Å². The molecule has 0 aliphatic heterocycles. The van der Waals surface area contributed by atoms with Gasteiger partial charge in [0.15, 0.2) is 0 Å². The van der Waals surface area contributed by atoms with Crippen LogP contribution in [0.25, 0.3) is 16.2 Å². The van der Waals surface area contributed by atoms with E-state index in [1.807, 2.05) is 37.4 Å². The van der Waals surface area contributed by atoms with Gasteiger partial charge in [0.25, 0.3) is 5.91 Å². The molecule has 4 aromatic rings. The van der Waals surface area contributed by atoms with E-state index >= 15 is 0 Å². The summed E-state index contributed by atoms with van der Waals surface area (Å²) in [6.07, 6.45) is 1.81. The second kappa shape index (κ2) is 6.60. The standard InChI is InChI=1S/C17H16N6O2S/c1-10(15-8-23-17(20-15)26-9-18-23)19-16(24)14-7-13(21-22-14)11-4-3-5-12(6-11)25-2/h3-10H,1-2H3,(H,19,24)(H,21,22). The Morgan fingerprint density at radius 1 is 1.38 bits per heavy atom. The number of amides is 1. The zero-order chi connectivity index (χ0) is 18.1. The lowest BCUT2D eigenvalue weighted by atomic mass is 10.1. The van der Waals surface area contributed by atoms with Gasteiger partial charge >= 0.3 is 0 Å². The van der Waals surface area contributed by atoms with Gasteiger partial charge in [0, 0.05) is 5.56 Å². The maximum absolute atomic E-state index is 12.5. The fourth-order valence-corrected chi connectivity index (χ4v) is 3.19.